The molecule has 0 spiro atoms. The summed E-state index contributed by atoms with van der Waals surface area (Å²) in [6.45, 7) is 2.13. The van der Waals surface area contributed by atoms with Crippen molar-refractivity contribution in [3.63, 3.8) is 0 Å². The number of aromatic carboxylic acids is 1. The number of aromatic nitrogens is 2. The lowest BCUT2D eigenvalue weighted by atomic mass is 10.2. The monoisotopic (exact) mass is 321 g/mol. The highest BCUT2D eigenvalue weighted by Crippen LogP contribution is 2.30. The molecule has 22 heavy (non-hydrogen) atoms. The van der Waals surface area contributed by atoms with Gasteiger partial charge in [-0.2, -0.15) is 4.31 Å². The quantitative estimate of drug-likeness (QED) is 0.915. The average Bonchev–Trinajstić information content (AvgIpc) is 3.02. The number of pyridine rings is 1. The van der Waals surface area contributed by atoms with Crippen LogP contribution in [0.5, 0.6) is 0 Å². The van der Waals surface area contributed by atoms with Crippen LogP contribution in [-0.4, -0.2) is 33.3 Å². The second kappa shape index (κ2) is 4.92. The second-order valence-corrected chi connectivity index (χ2v) is 7.17. The van der Waals surface area contributed by atoms with Gasteiger partial charge >= 0.3 is 5.97 Å². The van der Waals surface area contributed by atoms with Crippen molar-refractivity contribution in [3.05, 3.63) is 47.0 Å². The number of sulfonamides is 1. The van der Waals surface area contributed by atoms with Crippen molar-refractivity contribution in [2.45, 2.75) is 24.9 Å². The molecule has 2 aromatic heterocycles. The predicted molar refractivity (Wildman–Crippen MR) is 77.8 cm³/mol. The molecule has 7 nitrogen and oxygen atoms in total. The minimum Gasteiger partial charge on any atom is -0.477 e. The van der Waals surface area contributed by atoms with Crippen molar-refractivity contribution in [1.82, 2.24) is 13.9 Å². The Kier molecular flexibility index (Phi) is 3.30. The maximum atomic E-state index is 12.8. The van der Waals surface area contributed by atoms with Crippen molar-refractivity contribution in [2.75, 3.05) is 0 Å². The van der Waals surface area contributed by atoms with Crippen LogP contribution in [0.15, 0.2) is 29.4 Å². The van der Waals surface area contributed by atoms with E-state index in [1.807, 2.05) is 0 Å². The molecule has 0 unspecified atom stereocenters. The van der Waals surface area contributed by atoms with Crippen LogP contribution < -0.4 is 0 Å². The molecule has 0 saturated heterocycles. The molecule has 8 heteroatoms. The fourth-order valence-corrected chi connectivity index (χ4v) is 4.30. The number of hydrogen-bond acceptors (Lipinski definition) is 4. The SMILES string of the molecule is Cc1c(S(=O)(=O)N2Cc3ccncc3C2)cc(C(=O)O)n1C. The number of fused-ring (bicyclic) bond motifs is 1. The number of nitrogens with zero attached hydrogens (tertiary/aromatic N) is 3. The Bertz CT molecular complexity index is 845. The van der Waals surface area contributed by atoms with Crippen LogP contribution in [0.1, 0.15) is 27.3 Å². The Labute approximate surface area is 127 Å². The zero-order valence-electron chi connectivity index (χ0n) is 12.1. The Morgan fingerprint density at radius 2 is 2.00 bits per heavy atom. The number of hydrogen-bond donors (Lipinski definition) is 1. The topological polar surface area (TPSA) is 92.5 Å². The minimum atomic E-state index is -3.75. The highest BCUT2D eigenvalue weighted by molar-refractivity contribution is 7.89. The molecule has 2 aromatic rings. The first-order valence-corrected chi connectivity index (χ1v) is 8.08. The smallest absolute Gasteiger partial charge is 0.352 e. The van der Waals surface area contributed by atoms with Gasteiger partial charge in [0, 0.05) is 38.2 Å². The van der Waals surface area contributed by atoms with Gasteiger partial charge < -0.3 is 9.67 Å². The number of carboxylic acid groups (broad SMARTS) is 1. The van der Waals surface area contributed by atoms with Gasteiger partial charge in [-0.05, 0) is 30.2 Å². The lowest BCUT2D eigenvalue weighted by Crippen LogP contribution is -2.26. The molecule has 0 saturated carbocycles. The average molecular weight is 321 g/mol. The highest BCUT2D eigenvalue weighted by Gasteiger charge is 2.33. The van der Waals surface area contributed by atoms with Gasteiger partial charge in [-0.15, -0.1) is 0 Å². The van der Waals surface area contributed by atoms with Crippen LogP contribution in [0.4, 0.5) is 0 Å². The van der Waals surface area contributed by atoms with E-state index in [9.17, 15) is 13.2 Å². The fourth-order valence-electron chi connectivity index (χ4n) is 2.64. The number of carboxylic acids is 1. The van der Waals surface area contributed by atoms with Gasteiger partial charge in [-0.25, -0.2) is 13.2 Å². The van der Waals surface area contributed by atoms with Crippen LogP contribution in [0.3, 0.4) is 0 Å². The largest absolute Gasteiger partial charge is 0.477 e. The van der Waals surface area contributed by atoms with E-state index >= 15 is 0 Å². The van der Waals surface area contributed by atoms with E-state index in [0.29, 0.717) is 5.69 Å². The number of carbonyl (C=O) groups is 1. The molecular weight excluding hydrogens is 306 g/mol. The van der Waals surface area contributed by atoms with Gasteiger partial charge in [-0.3, -0.25) is 4.98 Å². The van der Waals surface area contributed by atoms with E-state index in [0.717, 1.165) is 11.1 Å². The summed E-state index contributed by atoms with van der Waals surface area (Å²) in [5.41, 5.74) is 2.16. The summed E-state index contributed by atoms with van der Waals surface area (Å²) in [4.78, 5) is 15.2. The zero-order valence-corrected chi connectivity index (χ0v) is 13.0. The third kappa shape index (κ3) is 2.11. The maximum Gasteiger partial charge on any atom is 0.352 e. The normalized spacial score (nSPS) is 15.0. The van der Waals surface area contributed by atoms with E-state index in [-0.39, 0.29) is 23.7 Å². The number of rotatable bonds is 3. The predicted octanol–water partition coefficient (Wildman–Crippen LogP) is 1.13. The Hall–Kier alpha value is -2.19. The molecule has 0 bridgehead atoms. The zero-order chi connectivity index (χ0) is 16.1. The van der Waals surface area contributed by atoms with Crippen LogP contribution in [-0.2, 0) is 30.2 Å². The minimum absolute atomic E-state index is 0.0353. The molecule has 0 atom stereocenters. The van der Waals surface area contributed by atoms with Gasteiger partial charge in [0.25, 0.3) is 0 Å². The molecule has 0 aromatic carbocycles. The van der Waals surface area contributed by atoms with E-state index in [1.165, 1.54) is 14.9 Å². The molecule has 1 aliphatic rings. The van der Waals surface area contributed by atoms with Crippen LogP contribution in [0.2, 0.25) is 0 Å². The van der Waals surface area contributed by atoms with Crippen molar-refractivity contribution >= 4 is 16.0 Å². The first-order chi connectivity index (χ1) is 10.3. The third-order valence-corrected chi connectivity index (χ3v) is 5.93. The molecule has 3 rings (SSSR count). The Balaban J connectivity index is 2.02. The molecule has 0 fully saturated rings. The lowest BCUT2D eigenvalue weighted by Gasteiger charge is -2.15. The molecule has 0 amide bonds. The van der Waals surface area contributed by atoms with Gasteiger partial charge in [0.2, 0.25) is 10.0 Å². The summed E-state index contributed by atoms with van der Waals surface area (Å²) in [5, 5.41) is 9.14. The summed E-state index contributed by atoms with van der Waals surface area (Å²) in [7, 11) is -2.21. The summed E-state index contributed by atoms with van der Waals surface area (Å²) in [6.07, 6.45) is 3.29. The van der Waals surface area contributed by atoms with Crippen LogP contribution in [0.25, 0.3) is 0 Å². The summed E-state index contributed by atoms with van der Waals surface area (Å²) in [6, 6.07) is 3.01. The standard InChI is InChI=1S/C14H15N3O4S/c1-9-13(5-12(14(18)19)16(9)2)22(20,21)17-7-10-3-4-15-6-11(10)8-17/h3-6H,7-8H2,1-2H3,(H,18,19). The van der Waals surface area contributed by atoms with Crippen LogP contribution in [0, 0.1) is 6.92 Å². The highest BCUT2D eigenvalue weighted by atomic mass is 32.2. The molecule has 0 aliphatic carbocycles. The van der Waals surface area contributed by atoms with Crippen molar-refractivity contribution < 1.29 is 18.3 Å². The summed E-state index contributed by atoms with van der Waals surface area (Å²) < 4.78 is 28.3. The molecule has 1 N–H and O–H groups in total. The van der Waals surface area contributed by atoms with Crippen molar-refractivity contribution in [3.8, 4) is 0 Å². The summed E-state index contributed by atoms with van der Waals surface area (Å²) >= 11 is 0. The fraction of sp³-hybridized carbons (Fsp3) is 0.286. The molecule has 1 aliphatic heterocycles. The van der Waals surface area contributed by atoms with Crippen molar-refractivity contribution in [1.29, 1.82) is 0 Å². The van der Waals surface area contributed by atoms with Gasteiger partial charge in [0.15, 0.2) is 0 Å². The van der Waals surface area contributed by atoms with Gasteiger partial charge in [0.05, 0.1) is 0 Å². The molecule has 0 radical (unpaired) electrons. The van der Waals surface area contributed by atoms with Gasteiger partial charge in [0.1, 0.15) is 10.6 Å². The maximum absolute atomic E-state index is 12.8. The summed E-state index contributed by atoms with van der Waals surface area (Å²) in [5.74, 6) is -1.15. The Morgan fingerprint density at radius 1 is 1.32 bits per heavy atom. The van der Waals surface area contributed by atoms with Gasteiger partial charge in [-0.1, -0.05) is 0 Å². The van der Waals surface area contributed by atoms with Crippen LogP contribution >= 0.6 is 0 Å². The van der Waals surface area contributed by atoms with E-state index < -0.39 is 16.0 Å². The van der Waals surface area contributed by atoms with E-state index in [1.54, 1.807) is 32.4 Å². The van der Waals surface area contributed by atoms with E-state index in [2.05, 4.69) is 4.98 Å². The first kappa shape index (κ1) is 14.7. The second-order valence-electron chi connectivity index (χ2n) is 5.26. The van der Waals surface area contributed by atoms with Crippen molar-refractivity contribution in [2.24, 2.45) is 7.05 Å². The molecular formula is C14H15N3O4S. The molecule has 3 heterocycles. The van der Waals surface area contributed by atoms with E-state index in [4.69, 9.17) is 5.11 Å². The third-order valence-electron chi connectivity index (χ3n) is 4.02. The first-order valence-electron chi connectivity index (χ1n) is 6.64. The molecule has 116 valence electrons. The Morgan fingerprint density at radius 3 is 2.59 bits per heavy atom. The lowest BCUT2D eigenvalue weighted by molar-refractivity contribution is 0.0686.